The standard InChI is InChI=1S/C19H32N6O2S/c1-4-20-19(21-12-8-14-23-28(26,27)5-2)22-13-9-15-25-16(3)24-17-10-6-7-11-18(17)25/h6-7,10-11,23H,4-5,8-9,12-15H2,1-3H3,(H2,20,21,22). The van der Waals surface area contributed by atoms with Crippen LogP contribution in [-0.2, 0) is 16.6 Å². The molecule has 0 aliphatic heterocycles. The van der Waals surface area contributed by atoms with Gasteiger partial charge in [0.2, 0.25) is 10.0 Å². The Labute approximate surface area is 167 Å². The molecule has 1 aromatic heterocycles. The van der Waals surface area contributed by atoms with E-state index in [1.165, 1.54) is 0 Å². The van der Waals surface area contributed by atoms with Gasteiger partial charge in [0.15, 0.2) is 5.96 Å². The number of fused-ring (bicyclic) bond motifs is 1. The lowest BCUT2D eigenvalue weighted by atomic mass is 10.3. The monoisotopic (exact) mass is 408 g/mol. The van der Waals surface area contributed by atoms with Crippen molar-refractivity contribution in [3.63, 3.8) is 0 Å². The summed E-state index contributed by atoms with van der Waals surface area (Å²) in [5.41, 5.74) is 2.18. The van der Waals surface area contributed by atoms with Crippen molar-refractivity contribution in [2.75, 3.05) is 31.9 Å². The van der Waals surface area contributed by atoms with Crippen molar-refractivity contribution in [2.24, 2.45) is 4.99 Å². The molecule has 156 valence electrons. The molecule has 0 aliphatic carbocycles. The first kappa shape index (κ1) is 22.2. The van der Waals surface area contributed by atoms with E-state index in [9.17, 15) is 8.42 Å². The normalized spacial score (nSPS) is 12.5. The lowest BCUT2D eigenvalue weighted by molar-refractivity contribution is 0.579. The molecule has 0 unspecified atom stereocenters. The first-order chi connectivity index (χ1) is 13.5. The number of hydrogen-bond acceptors (Lipinski definition) is 4. The van der Waals surface area contributed by atoms with E-state index in [0.717, 1.165) is 42.3 Å². The Hall–Kier alpha value is -2.13. The number of imidazole rings is 1. The second kappa shape index (κ2) is 11.0. The zero-order valence-electron chi connectivity index (χ0n) is 17.0. The van der Waals surface area contributed by atoms with Gasteiger partial charge in [0.25, 0.3) is 0 Å². The third kappa shape index (κ3) is 6.79. The number of aliphatic imine (C=N–C) groups is 1. The van der Waals surface area contributed by atoms with Gasteiger partial charge in [-0.1, -0.05) is 12.1 Å². The van der Waals surface area contributed by atoms with Crippen LogP contribution < -0.4 is 15.4 Å². The van der Waals surface area contributed by atoms with Crippen molar-refractivity contribution in [2.45, 2.75) is 40.2 Å². The minimum Gasteiger partial charge on any atom is -0.357 e. The Bertz CT molecular complexity index is 876. The molecule has 2 rings (SSSR count). The maximum absolute atomic E-state index is 11.4. The van der Waals surface area contributed by atoms with Crippen molar-refractivity contribution in [3.05, 3.63) is 30.1 Å². The van der Waals surface area contributed by atoms with Crippen LogP contribution in [0.15, 0.2) is 29.3 Å². The Kier molecular flexibility index (Phi) is 8.72. The van der Waals surface area contributed by atoms with Gasteiger partial charge in [0.05, 0.1) is 16.8 Å². The van der Waals surface area contributed by atoms with Gasteiger partial charge in [-0.25, -0.2) is 18.1 Å². The molecule has 0 saturated heterocycles. The molecule has 28 heavy (non-hydrogen) atoms. The molecular weight excluding hydrogens is 376 g/mol. The molecule has 0 spiro atoms. The maximum Gasteiger partial charge on any atom is 0.211 e. The Morgan fingerprint density at radius 1 is 1.14 bits per heavy atom. The van der Waals surface area contributed by atoms with E-state index in [0.29, 0.717) is 26.1 Å². The van der Waals surface area contributed by atoms with E-state index in [4.69, 9.17) is 0 Å². The van der Waals surface area contributed by atoms with Crippen molar-refractivity contribution in [1.29, 1.82) is 0 Å². The van der Waals surface area contributed by atoms with Crippen LogP contribution >= 0.6 is 0 Å². The molecular formula is C19H32N6O2S. The molecule has 0 amide bonds. The lowest BCUT2D eigenvalue weighted by Gasteiger charge is -2.12. The van der Waals surface area contributed by atoms with Gasteiger partial charge in [-0.15, -0.1) is 0 Å². The molecule has 1 aromatic carbocycles. The summed E-state index contributed by atoms with van der Waals surface area (Å²) < 4.78 is 27.6. The highest BCUT2D eigenvalue weighted by Gasteiger charge is 2.06. The van der Waals surface area contributed by atoms with Crippen LogP contribution in [0.3, 0.4) is 0 Å². The molecule has 0 fully saturated rings. The SMILES string of the molecule is CCNC(=NCCCn1c(C)nc2ccccc21)NCCCNS(=O)(=O)CC. The molecule has 1 heterocycles. The van der Waals surface area contributed by atoms with Gasteiger partial charge >= 0.3 is 0 Å². The summed E-state index contributed by atoms with van der Waals surface area (Å²) in [6, 6.07) is 8.17. The van der Waals surface area contributed by atoms with Crippen LogP contribution in [0.1, 0.15) is 32.5 Å². The van der Waals surface area contributed by atoms with Crippen LogP contribution in [-0.4, -0.2) is 55.9 Å². The van der Waals surface area contributed by atoms with Gasteiger partial charge in [-0.2, -0.15) is 0 Å². The number of hydrogen-bond donors (Lipinski definition) is 3. The predicted octanol–water partition coefficient (Wildman–Crippen LogP) is 1.62. The number of guanidine groups is 1. The van der Waals surface area contributed by atoms with E-state index in [2.05, 4.69) is 36.0 Å². The van der Waals surface area contributed by atoms with Crippen LogP contribution in [0.4, 0.5) is 0 Å². The summed E-state index contributed by atoms with van der Waals surface area (Å²) in [6.45, 7) is 9.11. The van der Waals surface area contributed by atoms with E-state index in [1.54, 1.807) is 6.92 Å². The van der Waals surface area contributed by atoms with Gasteiger partial charge in [-0.05, 0) is 45.7 Å². The smallest absolute Gasteiger partial charge is 0.211 e. The van der Waals surface area contributed by atoms with Crippen LogP contribution in [0.25, 0.3) is 11.0 Å². The summed E-state index contributed by atoms with van der Waals surface area (Å²) in [4.78, 5) is 9.20. The molecule has 9 heteroatoms. The van der Waals surface area contributed by atoms with Crippen LogP contribution in [0.5, 0.6) is 0 Å². The van der Waals surface area contributed by atoms with Gasteiger partial charge in [0, 0.05) is 32.7 Å². The van der Waals surface area contributed by atoms with E-state index >= 15 is 0 Å². The third-order valence-electron chi connectivity index (χ3n) is 4.35. The highest BCUT2D eigenvalue weighted by molar-refractivity contribution is 7.89. The van der Waals surface area contributed by atoms with E-state index in [-0.39, 0.29) is 5.75 Å². The molecule has 0 saturated carbocycles. The summed E-state index contributed by atoms with van der Waals surface area (Å²) in [5, 5.41) is 6.46. The van der Waals surface area contributed by atoms with Gasteiger partial charge < -0.3 is 15.2 Å². The highest BCUT2D eigenvalue weighted by Crippen LogP contribution is 2.15. The summed E-state index contributed by atoms with van der Waals surface area (Å²) >= 11 is 0. The number of aryl methyl sites for hydroxylation is 2. The number of nitrogens with one attached hydrogen (secondary N) is 3. The second-order valence-electron chi connectivity index (χ2n) is 6.49. The Morgan fingerprint density at radius 2 is 1.93 bits per heavy atom. The largest absolute Gasteiger partial charge is 0.357 e. The van der Waals surface area contributed by atoms with Gasteiger partial charge in [-0.3, -0.25) is 4.99 Å². The summed E-state index contributed by atoms with van der Waals surface area (Å²) in [6.07, 6.45) is 1.61. The molecule has 0 radical (unpaired) electrons. The number of benzene rings is 1. The lowest BCUT2D eigenvalue weighted by Crippen LogP contribution is -2.39. The molecule has 2 aromatic rings. The summed E-state index contributed by atoms with van der Waals surface area (Å²) in [7, 11) is -3.12. The first-order valence-electron chi connectivity index (χ1n) is 9.88. The fourth-order valence-corrected chi connectivity index (χ4v) is 3.52. The zero-order valence-corrected chi connectivity index (χ0v) is 17.8. The molecule has 3 N–H and O–H groups in total. The van der Waals surface area contributed by atoms with Crippen molar-refractivity contribution in [1.82, 2.24) is 24.9 Å². The highest BCUT2D eigenvalue weighted by atomic mass is 32.2. The number of sulfonamides is 1. The Balaban J connectivity index is 1.78. The van der Waals surface area contributed by atoms with Crippen LogP contribution in [0, 0.1) is 6.92 Å². The zero-order chi connectivity index (χ0) is 20.4. The second-order valence-corrected chi connectivity index (χ2v) is 8.59. The Morgan fingerprint density at radius 3 is 2.68 bits per heavy atom. The quantitative estimate of drug-likeness (QED) is 0.298. The molecule has 0 aliphatic rings. The third-order valence-corrected chi connectivity index (χ3v) is 5.75. The first-order valence-corrected chi connectivity index (χ1v) is 11.5. The molecule has 0 bridgehead atoms. The average molecular weight is 409 g/mol. The van der Waals surface area contributed by atoms with Crippen LogP contribution in [0.2, 0.25) is 0 Å². The molecule has 8 nitrogen and oxygen atoms in total. The topological polar surface area (TPSA) is 100 Å². The predicted molar refractivity (Wildman–Crippen MR) is 115 cm³/mol. The number of para-hydroxylation sites is 2. The number of aromatic nitrogens is 2. The maximum atomic E-state index is 11.4. The van der Waals surface area contributed by atoms with Crippen molar-refractivity contribution >= 4 is 27.0 Å². The number of rotatable bonds is 11. The number of nitrogens with zero attached hydrogens (tertiary/aromatic N) is 3. The van der Waals surface area contributed by atoms with E-state index in [1.807, 2.05) is 32.0 Å². The average Bonchev–Trinajstić information content (AvgIpc) is 3.00. The van der Waals surface area contributed by atoms with Gasteiger partial charge in [0.1, 0.15) is 5.82 Å². The minimum atomic E-state index is -3.12. The fraction of sp³-hybridized carbons (Fsp3) is 0.579. The summed E-state index contributed by atoms with van der Waals surface area (Å²) in [5.74, 6) is 1.88. The fourth-order valence-electron chi connectivity index (χ4n) is 2.86. The van der Waals surface area contributed by atoms with E-state index < -0.39 is 10.0 Å². The molecule has 0 atom stereocenters. The van der Waals surface area contributed by atoms with Crippen molar-refractivity contribution < 1.29 is 8.42 Å². The van der Waals surface area contributed by atoms with Crippen molar-refractivity contribution in [3.8, 4) is 0 Å². The minimum absolute atomic E-state index is 0.107.